The molecule has 1 aromatic rings. The Balaban J connectivity index is 2.39. The Bertz CT molecular complexity index is 257. The van der Waals surface area contributed by atoms with Crippen molar-refractivity contribution in [1.29, 1.82) is 0 Å². The van der Waals surface area contributed by atoms with Gasteiger partial charge >= 0.3 is 0 Å². The van der Waals surface area contributed by atoms with Crippen molar-refractivity contribution in [2.45, 2.75) is 25.7 Å². The summed E-state index contributed by atoms with van der Waals surface area (Å²) in [6.45, 7) is 1.99. The van der Waals surface area contributed by atoms with E-state index in [4.69, 9.17) is 5.73 Å². The molecule has 2 rings (SSSR count). The molecule has 2 nitrogen and oxygen atoms in total. The lowest BCUT2D eigenvalue weighted by Gasteiger charge is -2.00. The molecular weight excluding hydrogens is 136 g/mol. The van der Waals surface area contributed by atoms with Crippen molar-refractivity contribution < 1.29 is 0 Å². The molecule has 11 heavy (non-hydrogen) atoms. The van der Waals surface area contributed by atoms with E-state index < -0.39 is 0 Å². The van der Waals surface area contributed by atoms with Gasteiger partial charge in [-0.15, -0.1) is 0 Å². The molecule has 0 bridgehead atoms. The van der Waals surface area contributed by atoms with Crippen LogP contribution in [-0.4, -0.2) is 4.98 Å². The summed E-state index contributed by atoms with van der Waals surface area (Å²) < 4.78 is 0. The van der Waals surface area contributed by atoms with Crippen LogP contribution in [0.15, 0.2) is 12.1 Å². The molecule has 0 aliphatic heterocycles. The highest BCUT2D eigenvalue weighted by Crippen LogP contribution is 2.40. The SMILES string of the molecule is Cc1cc(C2CC2)cc(N)n1. The molecular formula is C9H12N2. The Morgan fingerprint density at radius 1 is 1.45 bits per heavy atom. The summed E-state index contributed by atoms with van der Waals surface area (Å²) in [7, 11) is 0. The molecule has 2 heteroatoms. The van der Waals surface area contributed by atoms with Gasteiger partial charge in [0.05, 0.1) is 0 Å². The first kappa shape index (κ1) is 6.65. The standard InChI is InChI=1S/C9H12N2/c1-6-4-8(7-2-3-7)5-9(10)11-6/h4-5,7H,2-3H2,1H3,(H2,10,11). The molecule has 1 saturated carbocycles. The molecule has 0 saturated heterocycles. The van der Waals surface area contributed by atoms with E-state index in [1.165, 1.54) is 18.4 Å². The van der Waals surface area contributed by atoms with Crippen LogP contribution in [0, 0.1) is 6.92 Å². The summed E-state index contributed by atoms with van der Waals surface area (Å²) in [5.41, 5.74) is 8.02. The Morgan fingerprint density at radius 2 is 2.18 bits per heavy atom. The van der Waals surface area contributed by atoms with Crippen molar-refractivity contribution in [3.63, 3.8) is 0 Å². The quantitative estimate of drug-likeness (QED) is 0.660. The first-order chi connectivity index (χ1) is 5.25. The predicted octanol–water partition coefficient (Wildman–Crippen LogP) is 1.85. The van der Waals surface area contributed by atoms with Gasteiger partial charge in [0, 0.05) is 5.69 Å². The van der Waals surface area contributed by atoms with Crippen LogP contribution in [0.5, 0.6) is 0 Å². The Morgan fingerprint density at radius 3 is 2.73 bits per heavy atom. The van der Waals surface area contributed by atoms with E-state index in [0.717, 1.165) is 11.6 Å². The second-order valence-corrected chi connectivity index (χ2v) is 3.24. The third-order valence-corrected chi connectivity index (χ3v) is 2.04. The summed E-state index contributed by atoms with van der Waals surface area (Å²) in [6, 6.07) is 4.12. The highest BCUT2D eigenvalue weighted by molar-refractivity contribution is 5.37. The molecule has 0 spiro atoms. The second-order valence-electron chi connectivity index (χ2n) is 3.24. The van der Waals surface area contributed by atoms with Crippen molar-refractivity contribution in [3.05, 3.63) is 23.4 Å². The van der Waals surface area contributed by atoms with Gasteiger partial charge in [0.25, 0.3) is 0 Å². The lowest BCUT2D eigenvalue weighted by atomic mass is 10.1. The fourth-order valence-electron chi connectivity index (χ4n) is 1.37. The van der Waals surface area contributed by atoms with E-state index in [1.807, 2.05) is 13.0 Å². The van der Waals surface area contributed by atoms with Crippen LogP contribution in [-0.2, 0) is 0 Å². The maximum Gasteiger partial charge on any atom is 0.123 e. The highest BCUT2D eigenvalue weighted by Gasteiger charge is 2.23. The lowest BCUT2D eigenvalue weighted by molar-refractivity contribution is 1.08. The summed E-state index contributed by atoms with van der Waals surface area (Å²) in [6.07, 6.45) is 2.64. The fourth-order valence-corrected chi connectivity index (χ4v) is 1.37. The van der Waals surface area contributed by atoms with E-state index in [0.29, 0.717) is 5.82 Å². The van der Waals surface area contributed by atoms with Crippen LogP contribution in [0.3, 0.4) is 0 Å². The van der Waals surface area contributed by atoms with Crippen molar-refractivity contribution in [1.82, 2.24) is 4.98 Å². The summed E-state index contributed by atoms with van der Waals surface area (Å²) in [5.74, 6) is 1.44. The molecule has 1 aliphatic carbocycles. The fraction of sp³-hybridized carbons (Fsp3) is 0.444. The number of aryl methyl sites for hydroxylation is 1. The van der Waals surface area contributed by atoms with E-state index in [2.05, 4.69) is 11.1 Å². The zero-order valence-corrected chi connectivity index (χ0v) is 6.67. The number of aromatic nitrogens is 1. The van der Waals surface area contributed by atoms with Crippen LogP contribution >= 0.6 is 0 Å². The van der Waals surface area contributed by atoms with Gasteiger partial charge in [0.15, 0.2) is 0 Å². The van der Waals surface area contributed by atoms with Gasteiger partial charge in [-0.05, 0) is 43.4 Å². The first-order valence-corrected chi connectivity index (χ1v) is 4.00. The van der Waals surface area contributed by atoms with Gasteiger partial charge in [-0.1, -0.05) is 0 Å². The average molecular weight is 148 g/mol. The molecule has 1 heterocycles. The monoisotopic (exact) mass is 148 g/mol. The topological polar surface area (TPSA) is 38.9 Å². The van der Waals surface area contributed by atoms with Gasteiger partial charge in [0.1, 0.15) is 5.82 Å². The van der Waals surface area contributed by atoms with Crippen molar-refractivity contribution in [2.75, 3.05) is 5.73 Å². The molecule has 0 radical (unpaired) electrons. The average Bonchev–Trinajstić information content (AvgIpc) is 2.64. The smallest absolute Gasteiger partial charge is 0.123 e. The zero-order chi connectivity index (χ0) is 7.84. The van der Waals surface area contributed by atoms with Crippen LogP contribution in [0.1, 0.15) is 30.0 Å². The highest BCUT2D eigenvalue weighted by atomic mass is 14.8. The largest absolute Gasteiger partial charge is 0.384 e. The Hall–Kier alpha value is -1.05. The van der Waals surface area contributed by atoms with E-state index in [-0.39, 0.29) is 0 Å². The third kappa shape index (κ3) is 1.34. The molecule has 0 atom stereocenters. The number of nitrogen functional groups attached to an aromatic ring is 1. The molecule has 1 aromatic heterocycles. The summed E-state index contributed by atoms with van der Waals surface area (Å²) >= 11 is 0. The van der Waals surface area contributed by atoms with Gasteiger partial charge < -0.3 is 5.73 Å². The van der Waals surface area contributed by atoms with Crippen molar-refractivity contribution >= 4 is 5.82 Å². The minimum atomic E-state index is 0.659. The first-order valence-electron chi connectivity index (χ1n) is 4.00. The normalized spacial score (nSPS) is 16.8. The molecule has 1 fully saturated rings. The maximum absolute atomic E-state index is 5.61. The number of rotatable bonds is 1. The van der Waals surface area contributed by atoms with Gasteiger partial charge in [-0.3, -0.25) is 0 Å². The summed E-state index contributed by atoms with van der Waals surface area (Å²) in [5, 5.41) is 0. The van der Waals surface area contributed by atoms with Crippen molar-refractivity contribution in [2.24, 2.45) is 0 Å². The van der Waals surface area contributed by atoms with E-state index >= 15 is 0 Å². The molecule has 1 aliphatic rings. The van der Waals surface area contributed by atoms with E-state index in [1.54, 1.807) is 0 Å². The van der Waals surface area contributed by atoms with E-state index in [9.17, 15) is 0 Å². The number of pyridine rings is 1. The second kappa shape index (κ2) is 2.22. The minimum Gasteiger partial charge on any atom is -0.384 e. The number of hydrogen-bond donors (Lipinski definition) is 1. The molecule has 0 amide bonds. The molecule has 0 aromatic carbocycles. The zero-order valence-electron chi connectivity index (χ0n) is 6.67. The van der Waals surface area contributed by atoms with Crippen LogP contribution in [0.25, 0.3) is 0 Å². The summed E-state index contributed by atoms with van der Waals surface area (Å²) in [4.78, 5) is 4.12. The number of hydrogen-bond acceptors (Lipinski definition) is 2. The van der Waals surface area contributed by atoms with Gasteiger partial charge in [0.2, 0.25) is 0 Å². The van der Waals surface area contributed by atoms with Crippen LogP contribution in [0.2, 0.25) is 0 Å². The maximum atomic E-state index is 5.61. The van der Waals surface area contributed by atoms with Crippen LogP contribution < -0.4 is 5.73 Å². The minimum absolute atomic E-state index is 0.659. The molecule has 0 unspecified atom stereocenters. The Labute approximate surface area is 66.4 Å². The van der Waals surface area contributed by atoms with Gasteiger partial charge in [-0.25, -0.2) is 4.98 Å². The Kier molecular flexibility index (Phi) is 1.34. The number of anilines is 1. The lowest BCUT2D eigenvalue weighted by Crippen LogP contribution is -1.94. The van der Waals surface area contributed by atoms with Crippen LogP contribution in [0.4, 0.5) is 5.82 Å². The van der Waals surface area contributed by atoms with Gasteiger partial charge in [-0.2, -0.15) is 0 Å². The van der Waals surface area contributed by atoms with Crippen molar-refractivity contribution in [3.8, 4) is 0 Å². The molecule has 58 valence electrons. The predicted molar refractivity (Wildman–Crippen MR) is 45.4 cm³/mol. The third-order valence-electron chi connectivity index (χ3n) is 2.04. The molecule has 2 N–H and O–H groups in total. The number of nitrogens with zero attached hydrogens (tertiary/aromatic N) is 1. The number of nitrogens with two attached hydrogens (primary N) is 1.